The monoisotopic (exact) mass is 221 g/mol. The third-order valence-electron chi connectivity index (χ3n) is 2.23. The van der Waals surface area contributed by atoms with E-state index in [1.54, 1.807) is 0 Å². The number of rotatable bonds is 1. The summed E-state index contributed by atoms with van der Waals surface area (Å²) in [6, 6.07) is 8.31. The number of thiophene rings is 1. The minimum absolute atomic E-state index is 0.593. The van der Waals surface area contributed by atoms with E-state index in [4.69, 9.17) is 16.9 Å². The fourth-order valence-electron chi connectivity index (χ4n) is 1.44. The van der Waals surface area contributed by atoms with Crippen molar-refractivity contribution in [1.82, 2.24) is 0 Å². The van der Waals surface area contributed by atoms with E-state index in [0.717, 1.165) is 16.5 Å². The second-order valence-corrected chi connectivity index (χ2v) is 4.70. The summed E-state index contributed by atoms with van der Waals surface area (Å²) in [5.74, 6) is 0. The van der Waals surface area contributed by atoms with Gasteiger partial charge in [0.1, 0.15) is 10.4 Å². The molecule has 2 aromatic rings. The fourth-order valence-corrected chi connectivity index (χ4v) is 2.69. The first-order chi connectivity index (χ1) is 6.76. The third-order valence-corrected chi connectivity index (χ3v) is 3.61. The van der Waals surface area contributed by atoms with Gasteiger partial charge in [0, 0.05) is 10.1 Å². The molecule has 0 atom stereocenters. The molecular formula is C11H8ClNS. The van der Waals surface area contributed by atoms with E-state index in [2.05, 4.69) is 25.1 Å². The zero-order valence-electron chi connectivity index (χ0n) is 7.67. The Hall–Kier alpha value is -1.04. The lowest BCUT2D eigenvalue weighted by Crippen LogP contribution is -1.78. The van der Waals surface area contributed by atoms with E-state index in [-0.39, 0.29) is 0 Å². The highest BCUT2D eigenvalue weighted by Gasteiger charge is 2.09. The molecule has 14 heavy (non-hydrogen) atoms. The van der Waals surface area contributed by atoms with Gasteiger partial charge in [-0.25, -0.2) is 0 Å². The molecule has 0 unspecified atom stereocenters. The Morgan fingerprint density at radius 2 is 2.29 bits per heavy atom. The van der Waals surface area contributed by atoms with Crippen LogP contribution in [0.5, 0.6) is 0 Å². The molecule has 0 aliphatic rings. The average Bonchev–Trinajstić information content (AvgIpc) is 2.52. The maximum atomic E-state index is 8.94. The molecule has 1 aromatic carbocycles. The van der Waals surface area contributed by atoms with Gasteiger partial charge in [-0.3, -0.25) is 0 Å². The second-order valence-electron chi connectivity index (χ2n) is 3.05. The molecule has 1 nitrogen and oxygen atoms in total. The van der Waals surface area contributed by atoms with Gasteiger partial charge in [-0.05, 0) is 24.1 Å². The normalized spacial score (nSPS) is 10.4. The van der Waals surface area contributed by atoms with Gasteiger partial charge in [0.15, 0.2) is 0 Å². The summed E-state index contributed by atoms with van der Waals surface area (Å²) in [4.78, 5) is 0. The summed E-state index contributed by atoms with van der Waals surface area (Å²) < 4.78 is 1.68. The van der Waals surface area contributed by atoms with Gasteiger partial charge in [-0.1, -0.05) is 24.6 Å². The molecule has 0 aliphatic heterocycles. The Labute approximate surface area is 91.5 Å². The zero-order valence-corrected chi connectivity index (χ0v) is 9.25. The van der Waals surface area contributed by atoms with Crippen LogP contribution in [0.3, 0.4) is 0 Å². The first kappa shape index (κ1) is 9.51. The Morgan fingerprint density at radius 3 is 2.93 bits per heavy atom. The molecule has 0 fully saturated rings. The van der Waals surface area contributed by atoms with Crippen molar-refractivity contribution >= 4 is 33.0 Å². The molecule has 0 saturated heterocycles. The van der Waals surface area contributed by atoms with E-state index < -0.39 is 0 Å². The Bertz CT molecular complexity index is 522. The van der Waals surface area contributed by atoms with Gasteiger partial charge in [0.25, 0.3) is 0 Å². The number of halogens is 1. The van der Waals surface area contributed by atoms with Crippen molar-refractivity contribution in [3.63, 3.8) is 0 Å². The molecule has 70 valence electrons. The summed E-state index contributed by atoms with van der Waals surface area (Å²) in [5.41, 5.74) is 1.85. The number of aryl methyl sites for hydroxylation is 1. The maximum Gasteiger partial charge on any atom is 0.112 e. The number of fused-ring (bicyclic) bond motifs is 1. The van der Waals surface area contributed by atoms with E-state index in [0.29, 0.717) is 9.90 Å². The Balaban J connectivity index is 2.79. The van der Waals surface area contributed by atoms with Crippen molar-refractivity contribution in [2.24, 2.45) is 0 Å². The highest BCUT2D eigenvalue weighted by Crippen LogP contribution is 2.35. The van der Waals surface area contributed by atoms with Gasteiger partial charge >= 0.3 is 0 Å². The molecule has 1 aromatic heterocycles. The molecule has 0 bridgehead atoms. The predicted octanol–water partition coefficient (Wildman–Crippen LogP) is 3.99. The summed E-state index contributed by atoms with van der Waals surface area (Å²) in [5, 5.41) is 9.93. The first-order valence-electron chi connectivity index (χ1n) is 4.37. The van der Waals surface area contributed by atoms with Gasteiger partial charge in [0.05, 0.1) is 5.56 Å². The third kappa shape index (κ3) is 1.39. The molecule has 0 saturated carbocycles. The van der Waals surface area contributed by atoms with Crippen LogP contribution in [0.2, 0.25) is 4.34 Å². The van der Waals surface area contributed by atoms with Crippen LogP contribution in [0, 0.1) is 11.3 Å². The van der Waals surface area contributed by atoms with Crippen LogP contribution in [-0.2, 0) is 6.42 Å². The number of nitriles is 1. The fraction of sp³-hybridized carbons (Fsp3) is 0.182. The zero-order chi connectivity index (χ0) is 10.1. The van der Waals surface area contributed by atoms with Crippen molar-refractivity contribution in [1.29, 1.82) is 5.26 Å². The summed E-state index contributed by atoms with van der Waals surface area (Å²) in [6.45, 7) is 2.10. The molecule has 0 amide bonds. The van der Waals surface area contributed by atoms with Crippen molar-refractivity contribution in [3.8, 4) is 6.07 Å². The van der Waals surface area contributed by atoms with Gasteiger partial charge in [-0.15, -0.1) is 11.3 Å². The topological polar surface area (TPSA) is 23.8 Å². The highest BCUT2D eigenvalue weighted by molar-refractivity contribution is 7.23. The largest absolute Gasteiger partial charge is 0.192 e. The summed E-state index contributed by atoms with van der Waals surface area (Å²) >= 11 is 7.42. The molecule has 0 radical (unpaired) electrons. The van der Waals surface area contributed by atoms with Crippen LogP contribution < -0.4 is 0 Å². The van der Waals surface area contributed by atoms with Gasteiger partial charge < -0.3 is 0 Å². The number of hydrogen-bond donors (Lipinski definition) is 0. The minimum atomic E-state index is 0.593. The van der Waals surface area contributed by atoms with Crippen molar-refractivity contribution in [2.75, 3.05) is 0 Å². The minimum Gasteiger partial charge on any atom is -0.192 e. The maximum absolute atomic E-state index is 8.94. The smallest absolute Gasteiger partial charge is 0.112 e. The number of hydrogen-bond acceptors (Lipinski definition) is 2. The summed E-state index contributed by atoms with van der Waals surface area (Å²) in [6.07, 6.45) is 0.980. The lowest BCUT2D eigenvalue weighted by molar-refractivity contribution is 1.15. The lowest BCUT2D eigenvalue weighted by atomic mass is 10.1. The number of benzene rings is 1. The number of nitrogens with zero attached hydrogens (tertiary/aromatic N) is 1. The van der Waals surface area contributed by atoms with Crippen LogP contribution in [0.15, 0.2) is 18.2 Å². The van der Waals surface area contributed by atoms with Crippen LogP contribution in [0.4, 0.5) is 0 Å². The van der Waals surface area contributed by atoms with Crippen LogP contribution >= 0.6 is 22.9 Å². The molecule has 0 spiro atoms. The molecule has 2 rings (SSSR count). The van der Waals surface area contributed by atoms with Gasteiger partial charge in [-0.2, -0.15) is 5.26 Å². The standard InChI is InChI=1S/C11H8ClNS/c1-2-7-3-4-10-8(5-7)9(6-13)11(12)14-10/h3-5H,2H2,1H3. The Morgan fingerprint density at radius 1 is 1.50 bits per heavy atom. The average molecular weight is 222 g/mol. The SMILES string of the molecule is CCc1ccc2sc(Cl)c(C#N)c2c1. The van der Waals surface area contributed by atoms with Crippen molar-refractivity contribution in [2.45, 2.75) is 13.3 Å². The lowest BCUT2D eigenvalue weighted by Gasteiger charge is -1.95. The molecule has 3 heteroatoms. The van der Waals surface area contributed by atoms with E-state index in [1.165, 1.54) is 16.9 Å². The van der Waals surface area contributed by atoms with Crippen LogP contribution in [-0.4, -0.2) is 0 Å². The van der Waals surface area contributed by atoms with Crippen LogP contribution in [0.25, 0.3) is 10.1 Å². The van der Waals surface area contributed by atoms with E-state index in [9.17, 15) is 0 Å². The molecule has 0 N–H and O–H groups in total. The molecule has 1 heterocycles. The highest BCUT2D eigenvalue weighted by atomic mass is 35.5. The van der Waals surface area contributed by atoms with E-state index in [1.807, 2.05) is 6.07 Å². The quantitative estimate of drug-likeness (QED) is 0.715. The van der Waals surface area contributed by atoms with Crippen molar-refractivity contribution < 1.29 is 0 Å². The Kier molecular flexibility index (Phi) is 2.45. The first-order valence-corrected chi connectivity index (χ1v) is 5.56. The predicted molar refractivity (Wildman–Crippen MR) is 60.9 cm³/mol. The molecule has 0 aliphatic carbocycles. The van der Waals surface area contributed by atoms with E-state index >= 15 is 0 Å². The second kappa shape index (κ2) is 3.61. The van der Waals surface area contributed by atoms with Crippen LogP contribution in [0.1, 0.15) is 18.1 Å². The summed E-state index contributed by atoms with van der Waals surface area (Å²) in [7, 11) is 0. The van der Waals surface area contributed by atoms with Gasteiger partial charge in [0.2, 0.25) is 0 Å². The van der Waals surface area contributed by atoms with Crippen molar-refractivity contribution in [3.05, 3.63) is 33.7 Å². The molecular weight excluding hydrogens is 214 g/mol.